The van der Waals surface area contributed by atoms with E-state index in [2.05, 4.69) is 21.4 Å². The Hall–Kier alpha value is -1.94. The lowest BCUT2D eigenvalue weighted by Gasteiger charge is -2.20. The van der Waals surface area contributed by atoms with Gasteiger partial charge in [-0.05, 0) is 44.7 Å². The summed E-state index contributed by atoms with van der Waals surface area (Å²) in [6, 6.07) is 7.87. The third-order valence-corrected chi connectivity index (χ3v) is 3.16. The molecule has 2 aromatic heterocycles. The highest BCUT2D eigenvalue weighted by molar-refractivity contribution is 5.38. The van der Waals surface area contributed by atoms with Crippen molar-refractivity contribution < 1.29 is 4.74 Å². The first-order valence-electron chi connectivity index (χ1n) is 6.27. The third-order valence-electron chi connectivity index (χ3n) is 3.16. The molecule has 0 radical (unpaired) electrons. The molecular formula is C15H19N3O. The summed E-state index contributed by atoms with van der Waals surface area (Å²) in [6.07, 6.45) is 1.78. The molecule has 1 unspecified atom stereocenters. The van der Waals surface area contributed by atoms with Gasteiger partial charge >= 0.3 is 0 Å². The minimum absolute atomic E-state index is 0.0238. The molecule has 0 aliphatic carbocycles. The van der Waals surface area contributed by atoms with Gasteiger partial charge in [0.25, 0.3) is 0 Å². The average Bonchev–Trinajstić information content (AvgIpc) is 2.42. The van der Waals surface area contributed by atoms with E-state index in [4.69, 9.17) is 4.74 Å². The number of pyridine rings is 2. The molecule has 1 atom stereocenters. The zero-order valence-electron chi connectivity index (χ0n) is 11.8. The van der Waals surface area contributed by atoms with Crippen molar-refractivity contribution in [2.75, 3.05) is 14.2 Å². The minimum Gasteiger partial charge on any atom is -0.495 e. The Morgan fingerprint density at radius 2 is 2.00 bits per heavy atom. The molecule has 100 valence electrons. The lowest BCUT2D eigenvalue weighted by molar-refractivity contribution is 0.401. The van der Waals surface area contributed by atoms with Gasteiger partial charge in [-0.2, -0.15) is 0 Å². The fraction of sp³-hybridized carbons (Fsp3) is 0.333. The molecule has 0 aromatic carbocycles. The average molecular weight is 257 g/mol. The van der Waals surface area contributed by atoms with Crippen LogP contribution in [0.25, 0.3) is 0 Å². The summed E-state index contributed by atoms with van der Waals surface area (Å²) in [4.78, 5) is 8.96. The van der Waals surface area contributed by atoms with Crippen molar-refractivity contribution in [1.29, 1.82) is 0 Å². The molecule has 2 heterocycles. The second-order valence-corrected chi connectivity index (χ2v) is 4.44. The van der Waals surface area contributed by atoms with Crippen molar-refractivity contribution in [3.8, 4) is 5.75 Å². The zero-order chi connectivity index (χ0) is 13.8. The molecule has 19 heavy (non-hydrogen) atoms. The van der Waals surface area contributed by atoms with Gasteiger partial charge in [-0.15, -0.1) is 0 Å². The van der Waals surface area contributed by atoms with Gasteiger partial charge in [-0.3, -0.25) is 9.97 Å². The van der Waals surface area contributed by atoms with Crippen LogP contribution >= 0.6 is 0 Å². The van der Waals surface area contributed by atoms with E-state index in [-0.39, 0.29) is 6.04 Å². The Bertz CT molecular complexity index is 569. The molecule has 2 aromatic rings. The molecule has 4 nitrogen and oxygen atoms in total. The van der Waals surface area contributed by atoms with E-state index in [1.165, 1.54) is 0 Å². The van der Waals surface area contributed by atoms with Crippen LogP contribution in [0.2, 0.25) is 0 Å². The molecule has 0 aliphatic rings. The molecule has 0 saturated carbocycles. The predicted molar refractivity (Wildman–Crippen MR) is 75.4 cm³/mol. The highest BCUT2D eigenvalue weighted by Crippen LogP contribution is 2.28. The highest BCUT2D eigenvalue weighted by Gasteiger charge is 2.20. The molecular weight excluding hydrogens is 238 g/mol. The topological polar surface area (TPSA) is 47.0 Å². The molecule has 4 heteroatoms. The number of hydrogen-bond acceptors (Lipinski definition) is 4. The van der Waals surface area contributed by atoms with Crippen molar-refractivity contribution in [1.82, 2.24) is 15.3 Å². The molecule has 0 saturated heterocycles. The summed E-state index contributed by atoms with van der Waals surface area (Å²) < 4.78 is 5.39. The fourth-order valence-electron chi connectivity index (χ4n) is 2.23. The van der Waals surface area contributed by atoms with Crippen molar-refractivity contribution in [2.45, 2.75) is 19.9 Å². The van der Waals surface area contributed by atoms with E-state index in [0.29, 0.717) is 0 Å². The monoisotopic (exact) mass is 257 g/mol. The summed E-state index contributed by atoms with van der Waals surface area (Å²) in [5, 5.41) is 3.29. The number of aromatic nitrogens is 2. The van der Waals surface area contributed by atoms with Crippen LogP contribution < -0.4 is 10.1 Å². The second kappa shape index (κ2) is 5.80. The summed E-state index contributed by atoms with van der Waals surface area (Å²) >= 11 is 0. The number of aryl methyl sites for hydroxylation is 2. The molecule has 0 bridgehead atoms. The standard InChI is InChI=1S/C15H19N3O/c1-10-7-8-12(11(2)18-10)14(16-3)15-13(19-4)6-5-9-17-15/h5-9,14,16H,1-4H3. The highest BCUT2D eigenvalue weighted by atomic mass is 16.5. The van der Waals surface area contributed by atoms with E-state index in [1.54, 1.807) is 13.3 Å². The quantitative estimate of drug-likeness (QED) is 0.913. The van der Waals surface area contributed by atoms with Crippen LogP contribution in [-0.2, 0) is 0 Å². The van der Waals surface area contributed by atoms with Crippen molar-refractivity contribution in [2.24, 2.45) is 0 Å². The van der Waals surface area contributed by atoms with Crippen molar-refractivity contribution >= 4 is 0 Å². The van der Waals surface area contributed by atoms with Crippen LogP contribution in [0.3, 0.4) is 0 Å². The van der Waals surface area contributed by atoms with Crippen LogP contribution in [0, 0.1) is 13.8 Å². The number of rotatable bonds is 4. The summed E-state index contributed by atoms with van der Waals surface area (Å²) in [5.41, 5.74) is 4.02. The van der Waals surface area contributed by atoms with Crippen LogP contribution in [0.1, 0.15) is 28.7 Å². The molecule has 0 amide bonds. The number of methoxy groups -OCH3 is 1. The normalized spacial score (nSPS) is 12.2. The number of nitrogens with one attached hydrogen (secondary N) is 1. The van der Waals surface area contributed by atoms with Gasteiger partial charge < -0.3 is 10.1 Å². The molecule has 0 spiro atoms. The summed E-state index contributed by atoms with van der Waals surface area (Å²) in [7, 11) is 3.57. The van der Waals surface area contributed by atoms with E-state index in [9.17, 15) is 0 Å². The lowest BCUT2D eigenvalue weighted by atomic mass is 10.0. The van der Waals surface area contributed by atoms with Gasteiger partial charge in [0.15, 0.2) is 0 Å². The second-order valence-electron chi connectivity index (χ2n) is 4.44. The first-order chi connectivity index (χ1) is 9.17. The van der Waals surface area contributed by atoms with Crippen LogP contribution in [0.5, 0.6) is 5.75 Å². The maximum absolute atomic E-state index is 5.39. The number of nitrogens with zero attached hydrogens (tertiary/aromatic N) is 2. The molecule has 1 N–H and O–H groups in total. The van der Waals surface area contributed by atoms with E-state index < -0.39 is 0 Å². The van der Waals surface area contributed by atoms with Crippen LogP contribution in [0.15, 0.2) is 30.5 Å². The van der Waals surface area contributed by atoms with E-state index in [0.717, 1.165) is 28.4 Å². The van der Waals surface area contributed by atoms with E-state index >= 15 is 0 Å². The van der Waals surface area contributed by atoms with Gasteiger partial charge in [0, 0.05) is 17.6 Å². The van der Waals surface area contributed by atoms with Crippen molar-refractivity contribution in [3.63, 3.8) is 0 Å². The van der Waals surface area contributed by atoms with E-state index in [1.807, 2.05) is 39.1 Å². The van der Waals surface area contributed by atoms with Gasteiger partial charge in [0.2, 0.25) is 0 Å². The summed E-state index contributed by atoms with van der Waals surface area (Å²) in [5.74, 6) is 0.779. The first-order valence-corrected chi connectivity index (χ1v) is 6.27. The predicted octanol–water partition coefficient (Wildman–Crippen LogP) is 2.41. The van der Waals surface area contributed by atoms with Crippen molar-refractivity contribution in [3.05, 3.63) is 53.1 Å². The Labute approximate surface area is 113 Å². The lowest BCUT2D eigenvalue weighted by Crippen LogP contribution is -2.21. The molecule has 2 rings (SSSR count). The Kier molecular flexibility index (Phi) is 4.12. The van der Waals surface area contributed by atoms with Gasteiger partial charge in [0.1, 0.15) is 11.4 Å². The third kappa shape index (κ3) is 2.74. The molecule has 0 fully saturated rings. The smallest absolute Gasteiger partial charge is 0.142 e. The fourth-order valence-corrected chi connectivity index (χ4v) is 2.23. The minimum atomic E-state index is -0.0238. The largest absolute Gasteiger partial charge is 0.495 e. The Morgan fingerprint density at radius 3 is 2.63 bits per heavy atom. The zero-order valence-corrected chi connectivity index (χ0v) is 11.8. The SMILES string of the molecule is CNC(c1ccc(C)nc1C)c1ncccc1OC. The number of hydrogen-bond donors (Lipinski definition) is 1. The Morgan fingerprint density at radius 1 is 1.21 bits per heavy atom. The molecule has 0 aliphatic heterocycles. The maximum Gasteiger partial charge on any atom is 0.142 e. The van der Waals surface area contributed by atoms with Gasteiger partial charge in [-0.25, -0.2) is 0 Å². The summed E-state index contributed by atoms with van der Waals surface area (Å²) in [6.45, 7) is 4.01. The van der Waals surface area contributed by atoms with Gasteiger partial charge in [-0.1, -0.05) is 6.07 Å². The van der Waals surface area contributed by atoms with Crippen LogP contribution in [0.4, 0.5) is 0 Å². The number of ether oxygens (including phenoxy) is 1. The van der Waals surface area contributed by atoms with Crippen LogP contribution in [-0.4, -0.2) is 24.1 Å². The maximum atomic E-state index is 5.39. The first kappa shape index (κ1) is 13.5. The van der Waals surface area contributed by atoms with Gasteiger partial charge in [0.05, 0.1) is 13.2 Å². The Balaban J connectivity index is 2.50.